The molecule has 0 bridgehead atoms. The van der Waals surface area contributed by atoms with Crippen LogP contribution in [-0.2, 0) is 0 Å². The molecule has 1 aromatic heterocycles. The molecule has 5 heteroatoms. The summed E-state index contributed by atoms with van der Waals surface area (Å²) in [6.45, 7) is 3.01. The van der Waals surface area contributed by atoms with Crippen LogP contribution in [0, 0.1) is 5.92 Å². The Morgan fingerprint density at radius 2 is 2.42 bits per heavy atom. The maximum Gasteiger partial charge on any atom is 0.257 e. The first-order chi connectivity index (χ1) is 9.11. The van der Waals surface area contributed by atoms with Crippen molar-refractivity contribution >= 4 is 11.6 Å². The zero-order valence-electron chi connectivity index (χ0n) is 11.9. The summed E-state index contributed by atoms with van der Waals surface area (Å²) in [5.41, 5.74) is 1.47. The van der Waals surface area contributed by atoms with E-state index in [0.717, 1.165) is 25.3 Å². The highest BCUT2D eigenvalue weighted by Crippen LogP contribution is 2.18. The summed E-state index contributed by atoms with van der Waals surface area (Å²) in [6.07, 6.45) is 4.49. The molecule has 19 heavy (non-hydrogen) atoms. The fraction of sp³-hybridized carbons (Fsp3) is 0.571. The van der Waals surface area contributed by atoms with Gasteiger partial charge in [0.25, 0.3) is 5.91 Å². The van der Waals surface area contributed by atoms with Crippen LogP contribution in [0.5, 0.6) is 0 Å². The summed E-state index contributed by atoms with van der Waals surface area (Å²) >= 11 is 0. The van der Waals surface area contributed by atoms with Crippen molar-refractivity contribution in [2.75, 3.05) is 46.1 Å². The largest absolute Gasteiger partial charge is 0.387 e. The molecule has 1 unspecified atom stereocenters. The molecule has 0 spiro atoms. The maximum absolute atomic E-state index is 12.4. The molecule has 0 radical (unpaired) electrons. The van der Waals surface area contributed by atoms with Crippen molar-refractivity contribution < 1.29 is 4.79 Å². The van der Waals surface area contributed by atoms with E-state index >= 15 is 0 Å². The van der Waals surface area contributed by atoms with E-state index in [1.165, 1.54) is 6.42 Å². The second-order valence-corrected chi connectivity index (χ2v) is 5.27. The number of carbonyl (C=O) groups excluding carboxylic acids is 1. The number of hydrogen-bond donors (Lipinski definition) is 1. The molecule has 1 amide bonds. The second kappa shape index (κ2) is 6.02. The number of nitrogens with one attached hydrogen (secondary N) is 1. The van der Waals surface area contributed by atoms with Gasteiger partial charge in [-0.25, -0.2) is 0 Å². The molecule has 2 rings (SSSR count). The topological polar surface area (TPSA) is 48.5 Å². The summed E-state index contributed by atoms with van der Waals surface area (Å²) in [5, 5.41) is 3.04. The first-order valence-electron chi connectivity index (χ1n) is 6.67. The highest BCUT2D eigenvalue weighted by Gasteiger charge is 2.24. The van der Waals surface area contributed by atoms with Crippen LogP contribution in [-0.4, -0.2) is 61.5 Å². The minimum absolute atomic E-state index is 0.0343. The molecule has 1 aliphatic rings. The Morgan fingerprint density at radius 1 is 1.63 bits per heavy atom. The molecule has 1 atom stereocenters. The standard InChI is InChI=1S/C14H22N4O/c1-15-13-4-6-16-8-12(13)14(19)18(3)10-11-5-7-17(2)9-11/h4,6,8,11H,5,7,9-10H2,1-3H3,(H,15,16). The summed E-state index contributed by atoms with van der Waals surface area (Å²) in [7, 11) is 5.81. The van der Waals surface area contributed by atoms with Crippen LogP contribution in [0.3, 0.4) is 0 Å². The lowest BCUT2D eigenvalue weighted by Gasteiger charge is -2.22. The maximum atomic E-state index is 12.4. The van der Waals surface area contributed by atoms with E-state index in [4.69, 9.17) is 0 Å². The first-order valence-corrected chi connectivity index (χ1v) is 6.67. The third-order valence-electron chi connectivity index (χ3n) is 3.69. The first kappa shape index (κ1) is 13.8. The van der Waals surface area contributed by atoms with Gasteiger partial charge in [0.2, 0.25) is 0 Å². The molecule has 1 aliphatic heterocycles. The van der Waals surface area contributed by atoms with E-state index in [1.807, 2.05) is 25.1 Å². The molecule has 104 valence electrons. The summed E-state index contributed by atoms with van der Waals surface area (Å²) < 4.78 is 0. The third kappa shape index (κ3) is 3.23. The average Bonchev–Trinajstić information content (AvgIpc) is 2.83. The van der Waals surface area contributed by atoms with E-state index in [9.17, 15) is 4.79 Å². The molecule has 0 aliphatic carbocycles. The number of anilines is 1. The van der Waals surface area contributed by atoms with Crippen LogP contribution in [0.1, 0.15) is 16.8 Å². The number of pyridine rings is 1. The summed E-state index contributed by atoms with van der Waals surface area (Å²) in [6, 6.07) is 1.82. The van der Waals surface area contributed by atoms with Crippen molar-refractivity contribution in [2.45, 2.75) is 6.42 Å². The molecular formula is C14H22N4O. The monoisotopic (exact) mass is 262 g/mol. The number of carbonyl (C=O) groups is 1. The normalized spacial score (nSPS) is 19.4. The van der Waals surface area contributed by atoms with E-state index in [1.54, 1.807) is 12.4 Å². The van der Waals surface area contributed by atoms with Crippen molar-refractivity contribution in [3.8, 4) is 0 Å². The number of hydrogen-bond acceptors (Lipinski definition) is 4. The third-order valence-corrected chi connectivity index (χ3v) is 3.69. The Balaban J connectivity index is 2.02. The van der Waals surface area contributed by atoms with Gasteiger partial charge in [-0.3, -0.25) is 9.78 Å². The Labute approximate surface area is 114 Å². The fourth-order valence-corrected chi connectivity index (χ4v) is 2.63. The van der Waals surface area contributed by atoms with E-state index in [-0.39, 0.29) is 5.91 Å². The van der Waals surface area contributed by atoms with E-state index in [2.05, 4.69) is 22.2 Å². The minimum Gasteiger partial charge on any atom is -0.387 e. The van der Waals surface area contributed by atoms with Crippen molar-refractivity contribution in [1.29, 1.82) is 0 Å². The van der Waals surface area contributed by atoms with E-state index < -0.39 is 0 Å². The lowest BCUT2D eigenvalue weighted by molar-refractivity contribution is 0.0774. The van der Waals surface area contributed by atoms with Crippen LogP contribution >= 0.6 is 0 Å². The van der Waals surface area contributed by atoms with Gasteiger partial charge in [0.1, 0.15) is 0 Å². The van der Waals surface area contributed by atoms with Gasteiger partial charge in [0, 0.05) is 45.3 Å². The van der Waals surface area contributed by atoms with Gasteiger partial charge in [-0.05, 0) is 32.0 Å². The van der Waals surface area contributed by atoms with Gasteiger partial charge < -0.3 is 15.1 Å². The predicted molar refractivity (Wildman–Crippen MR) is 76.3 cm³/mol. The fourth-order valence-electron chi connectivity index (χ4n) is 2.63. The van der Waals surface area contributed by atoms with Gasteiger partial charge in [0.15, 0.2) is 0 Å². The molecule has 1 aromatic rings. The molecule has 1 N–H and O–H groups in total. The van der Waals surface area contributed by atoms with Crippen molar-refractivity contribution in [1.82, 2.24) is 14.8 Å². The summed E-state index contributed by atoms with van der Waals surface area (Å²) in [4.78, 5) is 20.6. The van der Waals surface area contributed by atoms with Crippen LogP contribution in [0.15, 0.2) is 18.5 Å². The number of amides is 1. The lowest BCUT2D eigenvalue weighted by Crippen LogP contribution is -2.33. The molecule has 2 heterocycles. The van der Waals surface area contributed by atoms with Crippen LogP contribution < -0.4 is 5.32 Å². The Hall–Kier alpha value is -1.62. The highest BCUT2D eigenvalue weighted by atomic mass is 16.2. The molecule has 1 saturated heterocycles. The average molecular weight is 262 g/mol. The Bertz CT molecular complexity index is 449. The molecule has 0 saturated carbocycles. The van der Waals surface area contributed by atoms with E-state index in [0.29, 0.717) is 11.5 Å². The quantitative estimate of drug-likeness (QED) is 0.884. The van der Waals surface area contributed by atoms with Gasteiger partial charge in [-0.15, -0.1) is 0 Å². The zero-order valence-corrected chi connectivity index (χ0v) is 11.9. The van der Waals surface area contributed by atoms with Crippen molar-refractivity contribution in [3.63, 3.8) is 0 Å². The number of likely N-dealkylation sites (tertiary alicyclic amines) is 1. The number of rotatable bonds is 4. The van der Waals surface area contributed by atoms with Gasteiger partial charge in [-0.2, -0.15) is 0 Å². The molecular weight excluding hydrogens is 240 g/mol. The SMILES string of the molecule is CNc1ccncc1C(=O)N(C)CC1CCN(C)C1. The van der Waals surface area contributed by atoms with Gasteiger partial charge in [-0.1, -0.05) is 0 Å². The van der Waals surface area contributed by atoms with Crippen molar-refractivity contribution in [2.24, 2.45) is 5.92 Å². The highest BCUT2D eigenvalue weighted by molar-refractivity contribution is 5.99. The molecule has 5 nitrogen and oxygen atoms in total. The number of nitrogens with zero attached hydrogens (tertiary/aromatic N) is 3. The minimum atomic E-state index is 0.0343. The zero-order chi connectivity index (χ0) is 13.8. The molecule has 1 fully saturated rings. The van der Waals surface area contributed by atoms with Gasteiger partial charge in [0.05, 0.1) is 5.56 Å². The second-order valence-electron chi connectivity index (χ2n) is 5.27. The Morgan fingerprint density at radius 3 is 3.05 bits per heavy atom. The van der Waals surface area contributed by atoms with Crippen LogP contribution in [0.4, 0.5) is 5.69 Å². The Kier molecular flexibility index (Phi) is 4.37. The predicted octanol–water partition coefficient (Wildman–Crippen LogP) is 1.15. The molecule has 0 aromatic carbocycles. The van der Waals surface area contributed by atoms with Crippen LogP contribution in [0.2, 0.25) is 0 Å². The number of aromatic nitrogens is 1. The van der Waals surface area contributed by atoms with Crippen LogP contribution in [0.25, 0.3) is 0 Å². The smallest absolute Gasteiger partial charge is 0.257 e. The summed E-state index contributed by atoms with van der Waals surface area (Å²) in [5.74, 6) is 0.612. The van der Waals surface area contributed by atoms with Crippen molar-refractivity contribution in [3.05, 3.63) is 24.0 Å². The lowest BCUT2D eigenvalue weighted by atomic mass is 10.1. The van der Waals surface area contributed by atoms with Gasteiger partial charge >= 0.3 is 0 Å².